The second kappa shape index (κ2) is 7.59. The first-order valence-corrected chi connectivity index (χ1v) is 8.98. The summed E-state index contributed by atoms with van der Waals surface area (Å²) in [5.41, 5.74) is 9.75. The van der Waals surface area contributed by atoms with Crippen LogP contribution in [-0.4, -0.2) is 39.0 Å². The lowest BCUT2D eigenvalue weighted by Gasteiger charge is -2.31. The second-order valence-corrected chi connectivity index (χ2v) is 6.64. The van der Waals surface area contributed by atoms with Crippen LogP contribution >= 0.6 is 0 Å². The average molecular weight is 376 g/mol. The third kappa shape index (κ3) is 3.75. The van der Waals surface area contributed by atoms with E-state index in [0.29, 0.717) is 23.9 Å². The topological polar surface area (TPSA) is 107 Å². The highest BCUT2D eigenvalue weighted by molar-refractivity contribution is 5.75. The molecule has 8 heteroatoms. The molecule has 0 spiro atoms. The molecule has 2 aromatic heterocycles. The number of benzene rings is 1. The molecule has 3 heterocycles. The lowest BCUT2D eigenvalue weighted by molar-refractivity contribution is -0.119. The third-order valence-electron chi connectivity index (χ3n) is 4.68. The van der Waals surface area contributed by atoms with E-state index in [0.717, 1.165) is 24.2 Å². The first-order chi connectivity index (χ1) is 13.6. The summed E-state index contributed by atoms with van der Waals surface area (Å²) in [6.07, 6.45) is 7.84. The Labute approximate surface area is 162 Å². The maximum Gasteiger partial charge on any atom is 0.255 e. The minimum Gasteiger partial charge on any atom is -0.484 e. The molecule has 0 unspecified atom stereocenters. The highest BCUT2D eigenvalue weighted by atomic mass is 16.5. The van der Waals surface area contributed by atoms with Gasteiger partial charge in [0.05, 0.1) is 18.1 Å². The van der Waals surface area contributed by atoms with Crippen molar-refractivity contribution in [1.82, 2.24) is 19.9 Å². The van der Waals surface area contributed by atoms with Crippen LogP contribution in [0.5, 0.6) is 5.75 Å². The Hall–Kier alpha value is -3.55. The average Bonchev–Trinajstić information content (AvgIpc) is 2.72. The molecule has 0 radical (unpaired) electrons. The van der Waals surface area contributed by atoms with Crippen LogP contribution in [-0.2, 0) is 17.8 Å². The number of carbonyl (C=O) groups is 1. The summed E-state index contributed by atoms with van der Waals surface area (Å²) in [5, 5.41) is 0. The van der Waals surface area contributed by atoms with Crippen molar-refractivity contribution in [3.63, 3.8) is 0 Å². The van der Waals surface area contributed by atoms with Crippen molar-refractivity contribution < 1.29 is 9.53 Å². The van der Waals surface area contributed by atoms with E-state index in [-0.39, 0.29) is 6.61 Å². The highest BCUT2D eigenvalue weighted by Gasteiger charge is 2.20. The molecule has 4 rings (SSSR count). The zero-order chi connectivity index (χ0) is 19.5. The Morgan fingerprint density at radius 3 is 2.57 bits per heavy atom. The fourth-order valence-electron chi connectivity index (χ4n) is 3.36. The van der Waals surface area contributed by atoms with Gasteiger partial charge in [-0.15, -0.1) is 0 Å². The molecule has 8 nitrogen and oxygen atoms in total. The normalized spacial score (nSPS) is 13.1. The van der Waals surface area contributed by atoms with Gasteiger partial charge in [-0.3, -0.25) is 4.79 Å². The third-order valence-corrected chi connectivity index (χ3v) is 4.68. The van der Waals surface area contributed by atoms with Gasteiger partial charge < -0.3 is 15.4 Å². The Balaban J connectivity index is 1.54. The molecule has 28 heavy (non-hydrogen) atoms. The first-order valence-electron chi connectivity index (χ1n) is 8.98. The van der Waals surface area contributed by atoms with E-state index in [4.69, 9.17) is 10.5 Å². The number of anilines is 1. The van der Waals surface area contributed by atoms with Crippen LogP contribution in [0.4, 0.5) is 5.69 Å². The van der Waals surface area contributed by atoms with Gasteiger partial charge in [-0.05, 0) is 48.2 Å². The molecule has 0 bridgehead atoms. The Morgan fingerprint density at radius 1 is 1.14 bits per heavy atom. The quantitative estimate of drug-likeness (QED) is 0.722. The van der Waals surface area contributed by atoms with Gasteiger partial charge in [-0.25, -0.2) is 19.9 Å². The predicted molar refractivity (Wildman–Crippen MR) is 104 cm³/mol. The van der Waals surface area contributed by atoms with Gasteiger partial charge in [0.25, 0.3) is 5.91 Å². The lowest BCUT2D eigenvalue weighted by Crippen LogP contribution is -2.31. The Bertz CT molecular complexity index is 992. The second-order valence-electron chi connectivity index (χ2n) is 6.64. The molecule has 0 fully saturated rings. The van der Waals surface area contributed by atoms with Crippen molar-refractivity contribution in [2.45, 2.75) is 19.9 Å². The zero-order valence-electron chi connectivity index (χ0n) is 15.5. The first kappa shape index (κ1) is 17.8. The van der Waals surface area contributed by atoms with E-state index in [1.165, 1.54) is 11.1 Å². The number of nitrogens with zero attached hydrogens (tertiary/aromatic N) is 5. The van der Waals surface area contributed by atoms with E-state index < -0.39 is 5.91 Å². The van der Waals surface area contributed by atoms with Crippen molar-refractivity contribution in [1.29, 1.82) is 0 Å². The van der Waals surface area contributed by atoms with Crippen molar-refractivity contribution in [3.05, 3.63) is 59.7 Å². The van der Waals surface area contributed by atoms with Crippen LogP contribution < -0.4 is 15.4 Å². The number of rotatable bonds is 5. The van der Waals surface area contributed by atoms with E-state index >= 15 is 0 Å². The Morgan fingerprint density at radius 2 is 1.86 bits per heavy atom. The molecule has 0 atom stereocenters. The van der Waals surface area contributed by atoms with E-state index in [9.17, 15) is 4.79 Å². The summed E-state index contributed by atoms with van der Waals surface area (Å²) >= 11 is 0. The van der Waals surface area contributed by atoms with Crippen LogP contribution in [0.15, 0.2) is 43.0 Å². The number of hydrogen-bond donors (Lipinski definition) is 1. The molecule has 0 aliphatic carbocycles. The van der Waals surface area contributed by atoms with Crippen LogP contribution in [0, 0.1) is 6.92 Å². The molecular formula is C20H20N6O2. The number of carbonyl (C=O) groups excluding carboxylic acids is 1. The summed E-state index contributed by atoms with van der Waals surface area (Å²) in [4.78, 5) is 30.4. The molecule has 142 valence electrons. The van der Waals surface area contributed by atoms with E-state index in [1.807, 2.05) is 12.1 Å². The van der Waals surface area contributed by atoms with Crippen molar-refractivity contribution >= 4 is 11.6 Å². The highest BCUT2D eigenvalue weighted by Crippen LogP contribution is 2.29. The van der Waals surface area contributed by atoms with E-state index in [1.54, 1.807) is 30.9 Å². The molecule has 3 aromatic rings. The van der Waals surface area contributed by atoms with Crippen molar-refractivity contribution in [2.24, 2.45) is 5.73 Å². The summed E-state index contributed by atoms with van der Waals surface area (Å²) in [7, 11) is 0. The number of amides is 1. The summed E-state index contributed by atoms with van der Waals surface area (Å²) in [6.45, 7) is 3.52. The van der Waals surface area contributed by atoms with Gasteiger partial charge in [-0.2, -0.15) is 0 Å². The number of aromatic nitrogens is 4. The van der Waals surface area contributed by atoms with Gasteiger partial charge in [0, 0.05) is 25.5 Å². The number of nitrogens with two attached hydrogens (primary N) is 1. The van der Waals surface area contributed by atoms with Crippen LogP contribution in [0.2, 0.25) is 0 Å². The maximum absolute atomic E-state index is 11.0. The van der Waals surface area contributed by atoms with Crippen molar-refractivity contribution in [3.8, 4) is 17.4 Å². The monoisotopic (exact) mass is 376 g/mol. The van der Waals surface area contributed by atoms with Crippen LogP contribution in [0.25, 0.3) is 11.6 Å². The van der Waals surface area contributed by atoms with Crippen LogP contribution in [0.1, 0.15) is 16.7 Å². The predicted octanol–water partition coefficient (Wildman–Crippen LogP) is 1.67. The van der Waals surface area contributed by atoms with Crippen molar-refractivity contribution in [2.75, 3.05) is 18.1 Å². The molecule has 1 aliphatic rings. The molecular weight excluding hydrogens is 356 g/mol. The number of ether oxygens (including phenoxy) is 1. The zero-order valence-corrected chi connectivity index (χ0v) is 15.5. The van der Waals surface area contributed by atoms with Gasteiger partial charge >= 0.3 is 0 Å². The standard InChI is InChI=1S/C20H20N6O2/c1-13-7-16(28-12-18(21)27)8-14-11-26(6-3-17(13)14)15-9-24-20(25-10-15)19-22-4-2-5-23-19/h2,4-5,7-10H,3,6,11-12H2,1H3,(H2,21,27). The molecule has 2 N–H and O–H groups in total. The number of hydrogen-bond acceptors (Lipinski definition) is 7. The largest absolute Gasteiger partial charge is 0.484 e. The lowest BCUT2D eigenvalue weighted by atomic mass is 9.94. The number of fused-ring (bicyclic) bond motifs is 1. The SMILES string of the molecule is Cc1cc(OCC(N)=O)cc2c1CCN(c1cnc(-c3ncccn3)nc1)C2. The van der Waals surface area contributed by atoms with E-state index in [2.05, 4.69) is 31.8 Å². The molecule has 1 aromatic carbocycles. The van der Waals surface area contributed by atoms with Gasteiger partial charge in [0.2, 0.25) is 0 Å². The minimum atomic E-state index is -0.489. The summed E-state index contributed by atoms with van der Waals surface area (Å²) in [6, 6.07) is 5.69. The number of aryl methyl sites for hydroxylation is 1. The fourth-order valence-corrected chi connectivity index (χ4v) is 3.36. The van der Waals surface area contributed by atoms with Gasteiger partial charge in [-0.1, -0.05) is 0 Å². The summed E-state index contributed by atoms with van der Waals surface area (Å²) < 4.78 is 5.49. The van der Waals surface area contributed by atoms with Gasteiger partial charge in [0.1, 0.15) is 5.75 Å². The molecule has 0 saturated heterocycles. The molecule has 0 saturated carbocycles. The van der Waals surface area contributed by atoms with Crippen LogP contribution in [0.3, 0.4) is 0 Å². The minimum absolute atomic E-state index is 0.126. The fraction of sp³-hybridized carbons (Fsp3) is 0.250. The smallest absolute Gasteiger partial charge is 0.255 e. The molecule has 1 amide bonds. The Kier molecular flexibility index (Phi) is 4.84. The van der Waals surface area contributed by atoms with Gasteiger partial charge in [0.15, 0.2) is 18.3 Å². The summed E-state index contributed by atoms with van der Waals surface area (Å²) in [5.74, 6) is 1.17. The molecule has 1 aliphatic heterocycles. The maximum atomic E-state index is 11.0. The number of primary amides is 1.